The van der Waals surface area contributed by atoms with Gasteiger partial charge in [-0.3, -0.25) is 4.98 Å². The van der Waals surface area contributed by atoms with Gasteiger partial charge in [0.05, 0.1) is 12.7 Å². The van der Waals surface area contributed by atoms with Gasteiger partial charge in [0, 0.05) is 43.3 Å². The highest BCUT2D eigenvalue weighted by atomic mass is 16.5. The number of ether oxygens (including phenoxy) is 1. The maximum Gasteiger partial charge on any atom is 0.0750 e. The molecule has 100 valence electrons. The van der Waals surface area contributed by atoms with Gasteiger partial charge in [-0.15, -0.1) is 0 Å². The average molecular weight is 250 g/mol. The van der Waals surface area contributed by atoms with Gasteiger partial charge in [0.2, 0.25) is 0 Å². The predicted octanol–water partition coefficient (Wildman–Crippen LogP) is 1.97. The summed E-state index contributed by atoms with van der Waals surface area (Å²) in [5.41, 5.74) is 1.99. The SMILES string of the molecule is CCCOC1CCCN(c2ccncc2CO)C1. The summed E-state index contributed by atoms with van der Waals surface area (Å²) in [6.45, 7) is 4.95. The molecule has 0 radical (unpaired) electrons. The zero-order valence-electron chi connectivity index (χ0n) is 11.0. The molecule has 4 nitrogen and oxygen atoms in total. The van der Waals surface area contributed by atoms with Crippen molar-refractivity contribution in [3.05, 3.63) is 24.0 Å². The van der Waals surface area contributed by atoms with Gasteiger partial charge in [-0.25, -0.2) is 0 Å². The second-order valence-electron chi connectivity index (χ2n) is 4.74. The van der Waals surface area contributed by atoms with E-state index in [2.05, 4.69) is 16.8 Å². The summed E-state index contributed by atoms with van der Waals surface area (Å²) < 4.78 is 5.84. The van der Waals surface area contributed by atoms with E-state index >= 15 is 0 Å². The lowest BCUT2D eigenvalue weighted by atomic mass is 10.1. The Balaban J connectivity index is 2.03. The number of aromatic nitrogens is 1. The van der Waals surface area contributed by atoms with Gasteiger partial charge < -0.3 is 14.7 Å². The number of hydrogen-bond donors (Lipinski definition) is 1. The van der Waals surface area contributed by atoms with Gasteiger partial charge in [-0.05, 0) is 25.3 Å². The Labute approximate surface area is 109 Å². The highest BCUT2D eigenvalue weighted by Gasteiger charge is 2.21. The van der Waals surface area contributed by atoms with Gasteiger partial charge >= 0.3 is 0 Å². The molecule has 1 atom stereocenters. The van der Waals surface area contributed by atoms with Crippen LogP contribution < -0.4 is 4.90 Å². The molecule has 2 rings (SSSR count). The largest absolute Gasteiger partial charge is 0.392 e. The molecule has 2 heterocycles. The van der Waals surface area contributed by atoms with Crippen LogP contribution in [0.5, 0.6) is 0 Å². The van der Waals surface area contributed by atoms with Crippen LogP contribution in [0.25, 0.3) is 0 Å². The fraction of sp³-hybridized carbons (Fsp3) is 0.643. The van der Waals surface area contributed by atoms with Crippen molar-refractivity contribution in [2.45, 2.75) is 38.9 Å². The van der Waals surface area contributed by atoms with Crippen molar-refractivity contribution in [1.29, 1.82) is 0 Å². The summed E-state index contributed by atoms with van der Waals surface area (Å²) in [5.74, 6) is 0. The zero-order valence-corrected chi connectivity index (χ0v) is 11.0. The van der Waals surface area contributed by atoms with Gasteiger partial charge in [0.25, 0.3) is 0 Å². The first-order valence-corrected chi connectivity index (χ1v) is 6.75. The lowest BCUT2D eigenvalue weighted by Gasteiger charge is -2.35. The van der Waals surface area contributed by atoms with Gasteiger partial charge in [-0.2, -0.15) is 0 Å². The summed E-state index contributed by atoms with van der Waals surface area (Å²) in [6.07, 6.45) is 7.18. The number of aliphatic hydroxyl groups excluding tert-OH is 1. The van der Waals surface area contributed by atoms with E-state index in [0.717, 1.165) is 50.2 Å². The smallest absolute Gasteiger partial charge is 0.0750 e. The minimum absolute atomic E-state index is 0.0418. The molecule has 4 heteroatoms. The number of nitrogens with zero attached hydrogens (tertiary/aromatic N) is 2. The van der Waals surface area contributed by atoms with E-state index in [4.69, 9.17) is 4.74 Å². The fourth-order valence-corrected chi connectivity index (χ4v) is 2.43. The van der Waals surface area contributed by atoms with Crippen molar-refractivity contribution in [3.8, 4) is 0 Å². The molecule has 1 aromatic heterocycles. The van der Waals surface area contributed by atoms with Crippen LogP contribution in [-0.2, 0) is 11.3 Å². The fourth-order valence-electron chi connectivity index (χ4n) is 2.43. The second kappa shape index (κ2) is 6.71. The second-order valence-corrected chi connectivity index (χ2v) is 4.74. The van der Waals surface area contributed by atoms with Crippen LogP contribution in [0.2, 0.25) is 0 Å². The van der Waals surface area contributed by atoms with Gasteiger partial charge in [-0.1, -0.05) is 6.92 Å². The van der Waals surface area contributed by atoms with Crippen molar-refractivity contribution < 1.29 is 9.84 Å². The molecule has 1 aliphatic rings. The van der Waals surface area contributed by atoms with Crippen LogP contribution in [0, 0.1) is 0 Å². The van der Waals surface area contributed by atoms with Crippen molar-refractivity contribution >= 4 is 5.69 Å². The van der Waals surface area contributed by atoms with Crippen LogP contribution in [0.15, 0.2) is 18.5 Å². The minimum atomic E-state index is 0.0418. The number of pyridine rings is 1. The number of piperidine rings is 1. The Bertz CT molecular complexity index is 371. The van der Waals surface area contributed by atoms with E-state index in [1.54, 1.807) is 12.4 Å². The molecule has 0 amide bonds. The highest BCUT2D eigenvalue weighted by Crippen LogP contribution is 2.24. The van der Waals surface area contributed by atoms with Crippen molar-refractivity contribution in [2.24, 2.45) is 0 Å². The Hall–Kier alpha value is -1.13. The molecular weight excluding hydrogens is 228 g/mol. The molecule has 0 saturated carbocycles. The van der Waals surface area contributed by atoms with E-state index in [1.807, 2.05) is 6.07 Å². The van der Waals surface area contributed by atoms with E-state index in [9.17, 15) is 5.11 Å². The Morgan fingerprint density at radius 2 is 2.44 bits per heavy atom. The monoisotopic (exact) mass is 250 g/mol. The minimum Gasteiger partial charge on any atom is -0.392 e. The zero-order chi connectivity index (χ0) is 12.8. The van der Waals surface area contributed by atoms with Crippen molar-refractivity contribution in [3.63, 3.8) is 0 Å². The van der Waals surface area contributed by atoms with Crippen LogP contribution >= 0.6 is 0 Å². The number of hydrogen-bond acceptors (Lipinski definition) is 4. The van der Waals surface area contributed by atoms with E-state index < -0.39 is 0 Å². The summed E-state index contributed by atoms with van der Waals surface area (Å²) in [7, 11) is 0. The normalized spacial score (nSPS) is 20.1. The van der Waals surface area contributed by atoms with E-state index in [0.29, 0.717) is 6.10 Å². The molecule has 0 aromatic carbocycles. The molecule has 1 aliphatic heterocycles. The third-order valence-corrected chi connectivity index (χ3v) is 3.32. The third-order valence-electron chi connectivity index (χ3n) is 3.32. The Morgan fingerprint density at radius 1 is 1.56 bits per heavy atom. The summed E-state index contributed by atoms with van der Waals surface area (Å²) in [5, 5.41) is 9.36. The summed E-state index contributed by atoms with van der Waals surface area (Å²) >= 11 is 0. The number of anilines is 1. The molecule has 1 saturated heterocycles. The maximum atomic E-state index is 9.36. The molecule has 1 unspecified atom stereocenters. The molecule has 1 N–H and O–H groups in total. The quantitative estimate of drug-likeness (QED) is 0.868. The number of aliphatic hydroxyl groups is 1. The molecule has 1 fully saturated rings. The standard InChI is InChI=1S/C14H22N2O2/c1-2-8-18-13-4-3-7-16(10-13)14-5-6-15-9-12(14)11-17/h5-6,9,13,17H,2-4,7-8,10-11H2,1H3. The molecule has 0 bridgehead atoms. The predicted molar refractivity (Wildman–Crippen MR) is 71.6 cm³/mol. The van der Waals surface area contributed by atoms with Crippen LogP contribution in [0.1, 0.15) is 31.7 Å². The first-order valence-electron chi connectivity index (χ1n) is 6.75. The molecular formula is C14H22N2O2. The Kier molecular flexibility index (Phi) is 4.96. The van der Waals surface area contributed by atoms with Gasteiger partial charge in [0.15, 0.2) is 0 Å². The first kappa shape index (κ1) is 13.3. The molecule has 0 spiro atoms. The third kappa shape index (κ3) is 3.21. The molecule has 1 aromatic rings. The molecule has 18 heavy (non-hydrogen) atoms. The van der Waals surface area contributed by atoms with Gasteiger partial charge in [0.1, 0.15) is 0 Å². The lowest BCUT2D eigenvalue weighted by molar-refractivity contribution is 0.0440. The highest BCUT2D eigenvalue weighted by molar-refractivity contribution is 5.52. The topological polar surface area (TPSA) is 45.6 Å². The Morgan fingerprint density at radius 3 is 3.22 bits per heavy atom. The van der Waals surface area contributed by atoms with E-state index in [1.165, 1.54) is 0 Å². The van der Waals surface area contributed by atoms with Crippen LogP contribution in [-0.4, -0.2) is 35.9 Å². The number of rotatable bonds is 5. The van der Waals surface area contributed by atoms with Crippen molar-refractivity contribution in [2.75, 3.05) is 24.6 Å². The first-order chi connectivity index (χ1) is 8.85. The average Bonchev–Trinajstić information content (AvgIpc) is 2.45. The van der Waals surface area contributed by atoms with E-state index in [-0.39, 0.29) is 6.61 Å². The lowest BCUT2D eigenvalue weighted by Crippen LogP contribution is -2.40. The van der Waals surface area contributed by atoms with Crippen molar-refractivity contribution in [1.82, 2.24) is 4.98 Å². The van der Waals surface area contributed by atoms with Crippen LogP contribution in [0.4, 0.5) is 5.69 Å². The molecule has 0 aliphatic carbocycles. The summed E-state index contributed by atoms with van der Waals surface area (Å²) in [4.78, 5) is 6.36. The van der Waals surface area contributed by atoms with Crippen LogP contribution in [0.3, 0.4) is 0 Å². The maximum absolute atomic E-state index is 9.36. The summed E-state index contributed by atoms with van der Waals surface area (Å²) in [6, 6.07) is 1.98.